The molecule has 0 radical (unpaired) electrons. The maximum atomic E-state index is 13.5. The van der Waals surface area contributed by atoms with Crippen LogP contribution in [0, 0.1) is 5.82 Å². The van der Waals surface area contributed by atoms with Crippen molar-refractivity contribution in [3.05, 3.63) is 28.0 Å². The lowest BCUT2D eigenvalue weighted by molar-refractivity contribution is 0.0953. The Kier molecular flexibility index (Phi) is 6.02. The molecule has 6 nitrogen and oxygen atoms in total. The van der Waals surface area contributed by atoms with Crippen molar-refractivity contribution in [3.8, 4) is 0 Å². The zero-order valence-electron chi connectivity index (χ0n) is 11.2. The summed E-state index contributed by atoms with van der Waals surface area (Å²) in [4.78, 5) is 11.2. The van der Waals surface area contributed by atoms with Crippen LogP contribution >= 0.6 is 15.9 Å². The average Bonchev–Trinajstić information content (AvgIpc) is 2.33. The molecule has 0 heterocycles. The second-order valence-electron chi connectivity index (χ2n) is 4.33. The molecule has 1 aromatic carbocycles. The lowest BCUT2D eigenvalue weighted by Gasteiger charge is -2.12. The van der Waals surface area contributed by atoms with Gasteiger partial charge < -0.3 is 5.32 Å². The van der Waals surface area contributed by atoms with Crippen molar-refractivity contribution >= 4 is 42.7 Å². The van der Waals surface area contributed by atoms with Gasteiger partial charge in [-0.1, -0.05) is 0 Å². The third-order valence-corrected chi connectivity index (χ3v) is 5.57. The summed E-state index contributed by atoms with van der Waals surface area (Å²) in [6, 6.07) is 1.72. The van der Waals surface area contributed by atoms with Gasteiger partial charge >= 0.3 is 0 Å². The van der Waals surface area contributed by atoms with Gasteiger partial charge in [-0.2, -0.15) is 0 Å². The monoisotopic (exact) mass is 400 g/mol. The number of primary sulfonamides is 1. The lowest BCUT2D eigenvalue weighted by Crippen LogP contribution is -2.33. The van der Waals surface area contributed by atoms with Gasteiger partial charge in [0.25, 0.3) is 5.91 Å². The maximum absolute atomic E-state index is 13.5. The number of halogens is 2. The smallest absolute Gasteiger partial charge is 0.252 e. The van der Waals surface area contributed by atoms with Crippen LogP contribution in [0.2, 0.25) is 0 Å². The molecule has 10 heteroatoms. The topological polar surface area (TPSA) is 106 Å². The third-order valence-electron chi connectivity index (χ3n) is 2.69. The van der Waals surface area contributed by atoms with E-state index in [1.165, 1.54) is 6.26 Å². The molecule has 0 aliphatic rings. The summed E-state index contributed by atoms with van der Waals surface area (Å²) in [5.41, 5.74) is -0.0745. The summed E-state index contributed by atoms with van der Waals surface area (Å²) >= 11 is 2.99. The Hall–Kier alpha value is -0.840. The van der Waals surface area contributed by atoms with Crippen LogP contribution < -0.4 is 10.5 Å². The van der Waals surface area contributed by atoms with Crippen molar-refractivity contribution in [1.29, 1.82) is 0 Å². The minimum absolute atomic E-state index is 0.0745. The minimum atomic E-state index is -4.28. The predicted molar refractivity (Wildman–Crippen MR) is 81.3 cm³/mol. The van der Waals surface area contributed by atoms with E-state index < -0.39 is 37.4 Å². The molecule has 2 unspecified atom stereocenters. The first-order valence-corrected chi connectivity index (χ1v) is 9.62. The van der Waals surface area contributed by atoms with E-state index >= 15 is 0 Å². The standard InChI is InChI=1S/C11H14BrFN2O4S2/c1-6(20(2)17)5-15-11(16)7-3-10(21(14,18)19)9(13)4-8(7)12/h3-4,6H,5H2,1-2H3,(H,15,16)(H2,14,18,19). The van der Waals surface area contributed by atoms with E-state index in [1.54, 1.807) is 6.92 Å². The van der Waals surface area contributed by atoms with Gasteiger partial charge in [-0.3, -0.25) is 9.00 Å². The number of nitrogens with one attached hydrogen (secondary N) is 1. The molecule has 0 spiro atoms. The highest BCUT2D eigenvalue weighted by molar-refractivity contribution is 9.10. The van der Waals surface area contributed by atoms with Gasteiger partial charge in [-0.25, -0.2) is 17.9 Å². The van der Waals surface area contributed by atoms with Gasteiger partial charge in [0, 0.05) is 33.3 Å². The number of sulfonamides is 1. The van der Waals surface area contributed by atoms with Crippen LogP contribution in [0.25, 0.3) is 0 Å². The first kappa shape index (κ1) is 18.2. The van der Waals surface area contributed by atoms with Gasteiger partial charge in [0.05, 0.1) is 5.56 Å². The van der Waals surface area contributed by atoms with E-state index in [0.29, 0.717) is 0 Å². The van der Waals surface area contributed by atoms with E-state index in [9.17, 15) is 21.8 Å². The zero-order chi connectivity index (χ0) is 16.4. The fourth-order valence-electron chi connectivity index (χ4n) is 1.37. The Morgan fingerprint density at radius 1 is 1.52 bits per heavy atom. The Morgan fingerprint density at radius 2 is 2.10 bits per heavy atom. The molecular formula is C11H14BrFN2O4S2. The zero-order valence-corrected chi connectivity index (χ0v) is 14.4. The highest BCUT2D eigenvalue weighted by Crippen LogP contribution is 2.23. The largest absolute Gasteiger partial charge is 0.351 e. The van der Waals surface area contributed by atoms with Crippen LogP contribution in [0.15, 0.2) is 21.5 Å². The SMILES string of the molecule is CC(CNC(=O)c1cc(S(N)(=O)=O)c(F)cc1Br)S(C)=O. The number of rotatable bonds is 5. The highest BCUT2D eigenvalue weighted by atomic mass is 79.9. The lowest BCUT2D eigenvalue weighted by atomic mass is 10.2. The molecular weight excluding hydrogens is 387 g/mol. The Bertz CT molecular complexity index is 694. The highest BCUT2D eigenvalue weighted by Gasteiger charge is 2.21. The number of benzene rings is 1. The van der Waals surface area contributed by atoms with Crippen LogP contribution in [-0.2, 0) is 20.8 Å². The first-order valence-electron chi connectivity index (χ1n) is 5.66. The molecule has 3 N–H and O–H groups in total. The third kappa shape index (κ3) is 4.83. The van der Waals surface area contributed by atoms with Crippen molar-refractivity contribution in [3.63, 3.8) is 0 Å². The fraction of sp³-hybridized carbons (Fsp3) is 0.364. The second kappa shape index (κ2) is 6.95. The summed E-state index contributed by atoms with van der Waals surface area (Å²) < 4.78 is 47.3. The van der Waals surface area contributed by atoms with Gasteiger partial charge in [0.2, 0.25) is 10.0 Å². The van der Waals surface area contributed by atoms with Crippen LogP contribution in [0.5, 0.6) is 0 Å². The van der Waals surface area contributed by atoms with Crippen molar-refractivity contribution in [2.45, 2.75) is 17.1 Å². The summed E-state index contributed by atoms with van der Waals surface area (Å²) in [7, 11) is -5.39. The Labute approximate surface area is 132 Å². The van der Waals surface area contributed by atoms with Gasteiger partial charge in [0.1, 0.15) is 10.7 Å². The number of amides is 1. The van der Waals surface area contributed by atoms with Crippen LogP contribution in [0.4, 0.5) is 4.39 Å². The second-order valence-corrected chi connectivity index (χ2v) is 8.51. The van der Waals surface area contributed by atoms with Gasteiger partial charge in [-0.15, -0.1) is 0 Å². The molecule has 0 bridgehead atoms. The summed E-state index contributed by atoms with van der Waals surface area (Å²) in [5.74, 6) is -1.67. The number of carbonyl (C=O) groups excluding carboxylic acids is 1. The van der Waals surface area contributed by atoms with Crippen molar-refractivity contribution < 1.29 is 21.8 Å². The normalized spacial score (nSPS) is 14.5. The van der Waals surface area contributed by atoms with Crippen molar-refractivity contribution in [1.82, 2.24) is 5.32 Å². The van der Waals surface area contributed by atoms with Crippen LogP contribution in [-0.4, -0.2) is 36.6 Å². The summed E-state index contributed by atoms with van der Waals surface area (Å²) in [6.45, 7) is 1.82. The molecule has 1 amide bonds. The van der Waals surface area contributed by atoms with Crippen molar-refractivity contribution in [2.24, 2.45) is 5.14 Å². The molecule has 118 valence electrons. The fourth-order valence-corrected chi connectivity index (χ4v) is 2.80. The van der Waals surface area contributed by atoms with E-state index in [1.807, 2.05) is 0 Å². The average molecular weight is 401 g/mol. The molecule has 21 heavy (non-hydrogen) atoms. The Balaban J connectivity index is 3.08. The number of carbonyl (C=O) groups is 1. The van der Waals surface area contributed by atoms with E-state index in [4.69, 9.17) is 5.14 Å². The number of hydrogen-bond acceptors (Lipinski definition) is 4. The van der Waals surface area contributed by atoms with Gasteiger partial charge in [-0.05, 0) is 35.0 Å². The molecule has 0 aliphatic carbocycles. The Morgan fingerprint density at radius 3 is 2.57 bits per heavy atom. The van der Waals surface area contributed by atoms with Crippen molar-refractivity contribution in [2.75, 3.05) is 12.8 Å². The number of nitrogens with two attached hydrogens (primary N) is 1. The minimum Gasteiger partial charge on any atom is -0.351 e. The molecule has 0 aromatic heterocycles. The summed E-state index contributed by atoms with van der Waals surface area (Å²) in [6.07, 6.45) is 1.50. The molecule has 0 fully saturated rings. The summed E-state index contributed by atoms with van der Waals surface area (Å²) in [5, 5.41) is 7.11. The quantitative estimate of drug-likeness (QED) is 0.759. The molecule has 0 aliphatic heterocycles. The van der Waals surface area contributed by atoms with E-state index in [2.05, 4.69) is 21.2 Å². The molecule has 2 atom stereocenters. The molecule has 1 rings (SSSR count). The molecule has 0 saturated heterocycles. The molecule has 1 aromatic rings. The van der Waals surface area contributed by atoms with Crippen LogP contribution in [0.3, 0.4) is 0 Å². The maximum Gasteiger partial charge on any atom is 0.252 e. The van der Waals surface area contributed by atoms with Gasteiger partial charge in [0.15, 0.2) is 0 Å². The van der Waals surface area contributed by atoms with Crippen LogP contribution in [0.1, 0.15) is 17.3 Å². The van der Waals surface area contributed by atoms with E-state index in [0.717, 1.165) is 12.1 Å². The predicted octanol–water partition coefficient (Wildman–Crippen LogP) is 0.732. The molecule has 0 saturated carbocycles. The number of hydrogen-bond donors (Lipinski definition) is 2. The van der Waals surface area contributed by atoms with E-state index in [-0.39, 0.29) is 21.8 Å². The first-order chi connectivity index (χ1) is 9.54.